The third-order valence-electron chi connectivity index (χ3n) is 14.0. The lowest BCUT2D eigenvalue weighted by Crippen LogP contribution is -2.50. The van der Waals surface area contributed by atoms with Crippen LogP contribution in [0, 0.1) is 18.3 Å². The molecular formula is C52H74BBr3N4O5Si2. The van der Waals surface area contributed by atoms with E-state index in [1.54, 1.807) is 7.11 Å². The SMILES string of the molecule is CC(C)[Si](Oc1cc(Br)c(N)c(Br)c1)(C(C)C)C(C)C.COc1ccc2c(c1)c(N)nc1c(Br)cc(O[Si](C(C)C)(C(C)C)C(C)C)cc12.Cc1ccc(B2OC(C)(C)C(C)(C)O2)c(C#N)c1. The van der Waals surface area contributed by atoms with Gasteiger partial charge in [0.05, 0.1) is 41.1 Å². The number of nitrogens with two attached hydrogens (primary N) is 2. The molecule has 67 heavy (non-hydrogen) atoms. The van der Waals surface area contributed by atoms with Gasteiger partial charge in [-0.2, -0.15) is 5.26 Å². The summed E-state index contributed by atoms with van der Waals surface area (Å²) in [5.41, 5.74) is 18.7. The van der Waals surface area contributed by atoms with Crippen molar-refractivity contribution >= 4 is 110 Å². The van der Waals surface area contributed by atoms with Crippen molar-refractivity contribution in [1.29, 1.82) is 5.26 Å². The van der Waals surface area contributed by atoms with E-state index in [0.29, 0.717) is 50.3 Å². The molecule has 0 radical (unpaired) electrons. The molecule has 2 heterocycles. The van der Waals surface area contributed by atoms with E-state index in [-0.39, 0.29) is 11.2 Å². The number of methoxy groups -OCH3 is 1. The lowest BCUT2D eigenvalue weighted by Gasteiger charge is -2.42. The van der Waals surface area contributed by atoms with Crippen LogP contribution in [0.1, 0.15) is 122 Å². The summed E-state index contributed by atoms with van der Waals surface area (Å²) in [5.74, 6) is 3.07. The molecule has 1 fully saturated rings. The van der Waals surface area contributed by atoms with Crippen LogP contribution < -0.4 is 30.5 Å². The Morgan fingerprint density at radius 2 is 1.04 bits per heavy atom. The van der Waals surface area contributed by atoms with Gasteiger partial charge in [-0.1, -0.05) is 95.2 Å². The first kappa shape index (κ1) is 56.5. The number of hydrogen-bond donors (Lipinski definition) is 2. The van der Waals surface area contributed by atoms with Gasteiger partial charge in [-0.15, -0.1) is 0 Å². The van der Waals surface area contributed by atoms with E-state index in [9.17, 15) is 5.26 Å². The molecule has 0 spiro atoms. The first-order valence-corrected chi connectivity index (χ1v) is 30.0. The van der Waals surface area contributed by atoms with E-state index < -0.39 is 23.8 Å². The van der Waals surface area contributed by atoms with E-state index in [1.165, 1.54) is 0 Å². The highest BCUT2D eigenvalue weighted by atomic mass is 79.9. The number of anilines is 2. The van der Waals surface area contributed by atoms with Crippen molar-refractivity contribution in [2.45, 2.75) is 162 Å². The monoisotopic (exact) mass is 1140 g/mol. The van der Waals surface area contributed by atoms with Gasteiger partial charge in [0.1, 0.15) is 23.1 Å². The molecule has 9 nitrogen and oxygen atoms in total. The summed E-state index contributed by atoms with van der Waals surface area (Å²) in [7, 11) is -2.78. The lowest BCUT2D eigenvalue weighted by atomic mass is 9.76. The number of pyridine rings is 1. The van der Waals surface area contributed by atoms with Gasteiger partial charge in [0, 0.05) is 29.7 Å². The number of nitrogens with zero attached hydrogens (tertiary/aromatic N) is 2. The van der Waals surface area contributed by atoms with E-state index in [1.807, 2.05) is 89.2 Å². The number of aryl methyl sites for hydroxylation is 1. The fraction of sp³-hybridized carbons (Fsp3) is 0.500. The average Bonchev–Trinajstić information content (AvgIpc) is 3.45. The lowest BCUT2D eigenvalue weighted by molar-refractivity contribution is 0.00578. The van der Waals surface area contributed by atoms with E-state index >= 15 is 0 Å². The summed E-state index contributed by atoms with van der Waals surface area (Å²) < 4.78 is 33.5. The molecule has 1 saturated heterocycles. The summed E-state index contributed by atoms with van der Waals surface area (Å²) >= 11 is 10.7. The molecule has 1 aliphatic heterocycles. The molecule has 1 aliphatic rings. The summed E-state index contributed by atoms with van der Waals surface area (Å²) in [5, 5.41) is 12.2. The number of halogens is 3. The normalized spacial score (nSPS) is 14.7. The molecule has 4 aromatic carbocycles. The van der Waals surface area contributed by atoms with Crippen LogP contribution in [0.15, 0.2) is 74.1 Å². The second-order valence-corrected chi connectivity index (χ2v) is 34.0. The quantitative estimate of drug-likeness (QED) is 0.0711. The number of rotatable bonds is 12. The largest absolute Gasteiger partial charge is 0.543 e. The van der Waals surface area contributed by atoms with Crippen molar-refractivity contribution in [3.05, 3.63) is 85.2 Å². The van der Waals surface area contributed by atoms with Crippen LogP contribution in [0.3, 0.4) is 0 Å². The minimum Gasteiger partial charge on any atom is -0.543 e. The number of aromatic nitrogens is 1. The molecular weight excluding hydrogens is 1070 g/mol. The van der Waals surface area contributed by atoms with E-state index in [0.717, 1.165) is 63.4 Å². The van der Waals surface area contributed by atoms with Crippen LogP contribution in [0.4, 0.5) is 11.5 Å². The Labute approximate surface area is 429 Å². The number of hydrogen-bond acceptors (Lipinski definition) is 9. The molecule has 15 heteroatoms. The van der Waals surface area contributed by atoms with Crippen LogP contribution in [0.2, 0.25) is 33.2 Å². The fourth-order valence-corrected chi connectivity index (χ4v) is 22.0. The Balaban J connectivity index is 0.000000228. The first-order valence-electron chi connectivity index (χ1n) is 23.4. The zero-order valence-electron chi connectivity index (χ0n) is 43.0. The van der Waals surface area contributed by atoms with Gasteiger partial charge >= 0.3 is 7.12 Å². The van der Waals surface area contributed by atoms with Gasteiger partial charge in [-0.3, -0.25) is 0 Å². The second kappa shape index (κ2) is 22.3. The van der Waals surface area contributed by atoms with E-state index in [2.05, 4.69) is 148 Å². The predicted octanol–water partition coefficient (Wildman–Crippen LogP) is 15.8. The highest BCUT2D eigenvalue weighted by Crippen LogP contribution is 2.46. The van der Waals surface area contributed by atoms with Gasteiger partial charge in [0.15, 0.2) is 0 Å². The van der Waals surface area contributed by atoms with E-state index in [4.69, 9.17) is 34.4 Å². The third kappa shape index (κ3) is 11.9. The summed E-state index contributed by atoms with van der Waals surface area (Å²) in [6, 6.07) is 22.0. The van der Waals surface area contributed by atoms with Crippen LogP contribution in [0.5, 0.6) is 17.2 Å². The topological polar surface area (TPSA) is 135 Å². The van der Waals surface area contributed by atoms with Gasteiger partial charge in [0.25, 0.3) is 16.6 Å². The molecule has 364 valence electrons. The van der Waals surface area contributed by atoms with Crippen molar-refractivity contribution in [3.63, 3.8) is 0 Å². The maximum atomic E-state index is 9.20. The fourth-order valence-electron chi connectivity index (χ4n) is 9.91. The van der Waals surface area contributed by atoms with Crippen molar-refractivity contribution in [2.24, 2.45) is 0 Å². The molecule has 0 atom stereocenters. The molecule has 0 bridgehead atoms. The van der Waals surface area contributed by atoms with Gasteiger partial charge in [-0.05, 0) is 175 Å². The number of nitrogen functional groups attached to an aromatic ring is 2. The van der Waals surface area contributed by atoms with Crippen LogP contribution >= 0.6 is 47.8 Å². The minimum absolute atomic E-state index is 0.380. The van der Waals surface area contributed by atoms with Crippen molar-refractivity contribution < 1.29 is 22.9 Å². The molecule has 0 amide bonds. The maximum absolute atomic E-state index is 9.20. The average molecular weight is 1140 g/mol. The zero-order valence-corrected chi connectivity index (χ0v) is 49.8. The Hall–Kier alpha value is -3.10. The second-order valence-electron chi connectivity index (χ2n) is 20.6. The standard InChI is InChI=1S/C23H31BrN2O2Si.C15H25Br2NOSi.C14H18BNO2/c1-13(2)29(14(3)4,15(5)6)28-17-11-19-18-9-8-16(27-7)10-20(18)23(25)26-22(19)21(24)12-17;1-9(2)20(10(3)4,11(5)6)19-12-7-13(16)15(18)14(17)8-12;1-10-6-7-12(11(8-10)9-16)15-17-13(2,3)14(4,5)18-15/h8-15H,1-7H3,(H2,25,26);7-11H,18H2,1-6H3;6-8H,1-5H3. The Kier molecular flexibility index (Phi) is 18.8. The van der Waals surface area contributed by atoms with Crippen LogP contribution in [-0.2, 0) is 9.31 Å². The third-order valence-corrected chi connectivity index (χ3v) is 27.9. The maximum Gasteiger partial charge on any atom is 0.496 e. The number of benzene rings is 4. The minimum atomic E-state index is -2.06. The van der Waals surface area contributed by atoms with Gasteiger partial charge in [0.2, 0.25) is 0 Å². The van der Waals surface area contributed by atoms with Crippen LogP contribution in [-0.4, -0.2) is 47.0 Å². The van der Waals surface area contributed by atoms with Crippen LogP contribution in [0.25, 0.3) is 21.7 Å². The Bertz CT molecular complexity index is 2500. The summed E-state index contributed by atoms with van der Waals surface area (Å²) in [4.78, 5) is 4.65. The number of nitriles is 1. The zero-order chi connectivity index (χ0) is 50.7. The molecule has 6 rings (SSSR count). The summed E-state index contributed by atoms with van der Waals surface area (Å²) in [6.45, 7) is 37.5. The smallest absolute Gasteiger partial charge is 0.496 e. The molecule has 0 aliphatic carbocycles. The number of ether oxygens (including phenoxy) is 1. The van der Waals surface area contributed by atoms with Crippen molar-refractivity contribution in [2.75, 3.05) is 18.6 Å². The molecule has 1 aromatic heterocycles. The Morgan fingerprint density at radius 1 is 0.612 bits per heavy atom. The van der Waals surface area contributed by atoms with Gasteiger partial charge < -0.3 is 34.4 Å². The number of fused-ring (bicyclic) bond motifs is 3. The highest BCUT2D eigenvalue weighted by molar-refractivity contribution is 9.11. The molecule has 4 N–H and O–H groups in total. The predicted molar refractivity (Wildman–Crippen MR) is 299 cm³/mol. The molecule has 0 saturated carbocycles. The van der Waals surface area contributed by atoms with Crippen molar-refractivity contribution in [3.8, 4) is 23.3 Å². The first-order chi connectivity index (χ1) is 31.0. The van der Waals surface area contributed by atoms with Gasteiger partial charge in [-0.25, -0.2) is 4.98 Å². The Morgan fingerprint density at radius 3 is 1.48 bits per heavy atom. The molecule has 0 unspecified atom stereocenters. The van der Waals surface area contributed by atoms with Crippen molar-refractivity contribution in [1.82, 2.24) is 4.98 Å². The molecule has 5 aromatic rings. The highest BCUT2D eigenvalue weighted by Gasteiger charge is 2.52. The summed E-state index contributed by atoms with van der Waals surface area (Å²) in [6.07, 6.45) is 0.